The minimum absolute atomic E-state index is 0.0107. The predicted octanol–water partition coefficient (Wildman–Crippen LogP) is 0.615. The van der Waals surface area contributed by atoms with Crippen LogP contribution in [0, 0.1) is 0 Å². The third kappa shape index (κ3) is 3.72. The molecular weight excluding hydrogens is 278 g/mol. The highest BCUT2D eigenvalue weighted by Gasteiger charge is 2.13. The number of nitrogen functional groups attached to an aromatic ring is 1. The average Bonchev–Trinajstić information content (AvgIpc) is 2.88. The Morgan fingerprint density at radius 1 is 1.35 bits per heavy atom. The second-order valence-corrected chi connectivity index (χ2v) is 5.88. The van der Waals surface area contributed by atoms with Crippen LogP contribution in [0.1, 0.15) is 6.42 Å². The van der Waals surface area contributed by atoms with Crippen LogP contribution in [-0.4, -0.2) is 24.7 Å². The van der Waals surface area contributed by atoms with Crippen molar-refractivity contribution in [2.75, 3.05) is 17.6 Å². The Balaban J connectivity index is 1.99. The van der Waals surface area contributed by atoms with Gasteiger partial charge in [0.2, 0.25) is 10.0 Å². The number of hydrogen-bond acceptors (Lipinski definition) is 5. The Kier molecular flexibility index (Phi) is 4.26. The minimum atomic E-state index is -3.80. The Morgan fingerprint density at radius 3 is 2.80 bits per heavy atom. The van der Waals surface area contributed by atoms with Gasteiger partial charge in [0.15, 0.2) is 0 Å². The smallest absolute Gasteiger partial charge is 0.240 e. The highest BCUT2D eigenvalue weighted by atomic mass is 32.2. The predicted molar refractivity (Wildman–Crippen MR) is 77.6 cm³/mol. The summed E-state index contributed by atoms with van der Waals surface area (Å²) in [6.07, 6.45) is 4.39. The molecule has 2 aromatic rings. The normalized spacial score (nSPS) is 11.4. The van der Waals surface area contributed by atoms with Gasteiger partial charge < -0.3 is 11.1 Å². The molecule has 0 aliphatic carbocycles. The molecule has 0 aliphatic heterocycles. The van der Waals surface area contributed by atoms with Crippen molar-refractivity contribution in [1.82, 2.24) is 9.78 Å². The molecule has 2 rings (SSSR count). The van der Waals surface area contributed by atoms with Crippen molar-refractivity contribution in [1.29, 1.82) is 0 Å². The first-order chi connectivity index (χ1) is 9.47. The molecule has 0 radical (unpaired) electrons. The molecule has 1 aromatic heterocycles. The Hall–Kier alpha value is -2.06. The fraction of sp³-hybridized carbons (Fsp3) is 0.250. The zero-order valence-electron chi connectivity index (χ0n) is 10.9. The van der Waals surface area contributed by atoms with E-state index in [2.05, 4.69) is 10.4 Å². The number of aryl methyl sites for hydroxylation is 1. The number of aromatic nitrogens is 2. The molecular formula is C12H17N5O2S. The molecule has 5 N–H and O–H groups in total. The first-order valence-corrected chi connectivity index (χ1v) is 7.65. The van der Waals surface area contributed by atoms with Crippen molar-refractivity contribution in [3.63, 3.8) is 0 Å². The van der Waals surface area contributed by atoms with E-state index < -0.39 is 10.0 Å². The van der Waals surface area contributed by atoms with E-state index in [1.54, 1.807) is 18.3 Å². The van der Waals surface area contributed by atoms with Crippen molar-refractivity contribution in [2.24, 2.45) is 5.14 Å². The van der Waals surface area contributed by atoms with Gasteiger partial charge in [-0.05, 0) is 30.7 Å². The lowest BCUT2D eigenvalue weighted by Gasteiger charge is -2.11. The standard InChI is InChI=1S/C12H17N5O2S/c13-10-3-4-11(12(9-10)20(14,18)19)15-5-1-7-17-8-2-6-16-17/h2-4,6,8-9,15H,1,5,7,13H2,(H2,14,18,19). The molecule has 108 valence electrons. The van der Waals surface area contributed by atoms with Crippen molar-refractivity contribution >= 4 is 21.4 Å². The second-order valence-electron chi connectivity index (χ2n) is 4.35. The Bertz CT molecular complexity index is 667. The summed E-state index contributed by atoms with van der Waals surface area (Å²) in [5.74, 6) is 0. The third-order valence-corrected chi connectivity index (χ3v) is 3.70. The number of benzene rings is 1. The van der Waals surface area contributed by atoms with Crippen LogP contribution < -0.4 is 16.2 Å². The number of primary sulfonamides is 1. The van der Waals surface area contributed by atoms with Gasteiger partial charge in [-0.3, -0.25) is 4.68 Å². The topological polar surface area (TPSA) is 116 Å². The van der Waals surface area contributed by atoms with Gasteiger partial charge in [-0.15, -0.1) is 0 Å². The highest BCUT2D eigenvalue weighted by molar-refractivity contribution is 7.89. The van der Waals surface area contributed by atoms with Gasteiger partial charge in [0.25, 0.3) is 0 Å². The summed E-state index contributed by atoms with van der Waals surface area (Å²) in [5.41, 5.74) is 6.40. The van der Waals surface area contributed by atoms with E-state index >= 15 is 0 Å². The lowest BCUT2D eigenvalue weighted by Crippen LogP contribution is -2.16. The lowest BCUT2D eigenvalue weighted by atomic mass is 10.2. The zero-order chi connectivity index (χ0) is 14.6. The summed E-state index contributed by atoms with van der Waals surface area (Å²) in [4.78, 5) is 0.0107. The van der Waals surface area contributed by atoms with Crippen LogP contribution >= 0.6 is 0 Å². The van der Waals surface area contributed by atoms with Gasteiger partial charge in [-0.1, -0.05) is 0 Å². The van der Waals surface area contributed by atoms with Crippen LogP contribution in [0.25, 0.3) is 0 Å². The maximum absolute atomic E-state index is 11.5. The van der Waals surface area contributed by atoms with Crippen molar-refractivity contribution in [2.45, 2.75) is 17.9 Å². The minimum Gasteiger partial charge on any atom is -0.399 e. The van der Waals surface area contributed by atoms with E-state index in [-0.39, 0.29) is 4.90 Å². The van der Waals surface area contributed by atoms with Crippen LogP contribution in [0.2, 0.25) is 0 Å². The first-order valence-electron chi connectivity index (χ1n) is 6.10. The van der Waals surface area contributed by atoms with Gasteiger partial charge in [0.1, 0.15) is 4.90 Å². The van der Waals surface area contributed by atoms with Crippen molar-refractivity contribution in [3.05, 3.63) is 36.7 Å². The number of nitrogens with zero attached hydrogens (tertiary/aromatic N) is 2. The van der Waals surface area contributed by atoms with Gasteiger partial charge in [-0.25, -0.2) is 13.6 Å². The fourth-order valence-corrected chi connectivity index (χ4v) is 2.56. The second kappa shape index (κ2) is 5.93. The van der Waals surface area contributed by atoms with Crippen LogP contribution in [0.15, 0.2) is 41.6 Å². The maximum atomic E-state index is 11.5. The molecule has 0 amide bonds. The van der Waals surface area contributed by atoms with Gasteiger partial charge in [0.05, 0.1) is 5.69 Å². The number of sulfonamides is 1. The van der Waals surface area contributed by atoms with Crippen molar-refractivity contribution < 1.29 is 8.42 Å². The summed E-state index contributed by atoms with van der Waals surface area (Å²) < 4.78 is 24.8. The van der Waals surface area contributed by atoms with Gasteiger partial charge in [0, 0.05) is 31.2 Å². The Labute approximate surface area is 117 Å². The SMILES string of the molecule is Nc1ccc(NCCCn2cccn2)c(S(N)(=O)=O)c1. The summed E-state index contributed by atoms with van der Waals surface area (Å²) in [6.45, 7) is 1.35. The number of nitrogens with two attached hydrogens (primary N) is 2. The summed E-state index contributed by atoms with van der Waals surface area (Å²) in [6, 6.07) is 6.45. The van der Waals surface area contributed by atoms with Crippen LogP contribution in [-0.2, 0) is 16.6 Å². The maximum Gasteiger partial charge on any atom is 0.240 e. The number of nitrogens with one attached hydrogen (secondary N) is 1. The summed E-state index contributed by atoms with van der Waals surface area (Å²) >= 11 is 0. The molecule has 1 heterocycles. The van der Waals surface area contributed by atoms with Crippen LogP contribution in [0.5, 0.6) is 0 Å². The quantitative estimate of drug-likeness (QED) is 0.533. The number of hydrogen-bond donors (Lipinski definition) is 3. The molecule has 0 fully saturated rings. The van der Waals surface area contributed by atoms with E-state index in [0.717, 1.165) is 13.0 Å². The fourth-order valence-electron chi connectivity index (χ4n) is 1.82. The first kappa shape index (κ1) is 14.4. The monoisotopic (exact) mass is 295 g/mol. The molecule has 1 aromatic carbocycles. The molecule has 20 heavy (non-hydrogen) atoms. The van der Waals surface area contributed by atoms with E-state index in [1.165, 1.54) is 6.07 Å². The molecule has 0 unspecified atom stereocenters. The summed E-state index contributed by atoms with van der Waals surface area (Å²) in [5, 5.41) is 12.3. The van der Waals surface area contributed by atoms with Crippen molar-refractivity contribution in [3.8, 4) is 0 Å². The van der Waals surface area contributed by atoms with E-state index in [4.69, 9.17) is 10.9 Å². The summed E-state index contributed by atoms with van der Waals surface area (Å²) in [7, 11) is -3.80. The molecule has 0 atom stereocenters. The highest BCUT2D eigenvalue weighted by Crippen LogP contribution is 2.22. The molecule has 0 saturated carbocycles. The lowest BCUT2D eigenvalue weighted by molar-refractivity contribution is 0.590. The van der Waals surface area contributed by atoms with E-state index in [0.29, 0.717) is 17.9 Å². The molecule has 0 aliphatic rings. The zero-order valence-corrected chi connectivity index (χ0v) is 11.7. The molecule has 0 spiro atoms. The van der Waals surface area contributed by atoms with Gasteiger partial charge >= 0.3 is 0 Å². The molecule has 0 saturated heterocycles. The number of rotatable bonds is 6. The average molecular weight is 295 g/mol. The Morgan fingerprint density at radius 2 is 2.15 bits per heavy atom. The third-order valence-electron chi connectivity index (χ3n) is 2.75. The van der Waals surface area contributed by atoms with Crippen LogP contribution in [0.4, 0.5) is 11.4 Å². The molecule has 8 heteroatoms. The van der Waals surface area contributed by atoms with E-state index in [1.807, 2.05) is 16.9 Å². The van der Waals surface area contributed by atoms with E-state index in [9.17, 15) is 8.42 Å². The van der Waals surface area contributed by atoms with Gasteiger partial charge in [-0.2, -0.15) is 5.10 Å². The molecule has 7 nitrogen and oxygen atoms in total. The number of anilines is 2. The van der Waals surface area contributed by atoms with Crippen LogP contribution in [0.3, 0.4) is 0 Å². The largest absolute Gasteiger partial charge is 0.399 e. The molecule has 0 bridgehead atoms.